The monoisotopic (exact) mass is 372 g/mol. The molecule has 134 valence electrons. The van der Waals surface area contributed by atoms with Crippen molar-refractivity contribution in [3.05, 3.63) is 68.7 Å². The molecule has 0 bridgehead atoms. The molecular weight excluding hydrogens is 357 g/mol. The van der Waals surface area contributed by atoms with Crippen LogP contribution in [-0.2, 0) is 12.7 Å². The summed E-state index contributed by atoms with van der Waals surface area (Å²) >= 11 is 6.15. The highest BCUT2D eigenvalue weighted by Gasteiger charge is 2.30. The molecule has 0 unspecified atom stereocenters. The SMILES string of the molecule is CCCN(Cc1cccc(C(F)(F)F)c1)c1ccc([N+](=O)[O-])cc1Cl. The largest absolute Gasteiger partial charge is 0.416 e. The maximum atomic E-state index is 12.9. The number of anilines is 1. The van der Waals surface area contributed by atoms with Gasteiger partial charge in [-0.25, -0.2) is 0 Å². The maximum Gasteiger partial charge on any atom is 0.416 e. The summed E-state index contributed by atoms with van der Waals surface area (Å²) in [6.07, 6.45) is -3.66. The molecule has 0 aromatic heterocycles. The summed E-state index contributed by atoms with van der Waals surface area (Å²) in [5, 5.41) is 11.0. The van der Waals surface area contributed by atoms with Gasteiger partial charge in [0, 0.05) is 25.2 Å². The molecule has 2 aromatic rings. The number of hydrogen-bond acceptors (Lipinski definition) is 3. The first kappa shape index (κ1) is 19.1. The molecule has 0 fully saturated rings. The Bertz CT molecular complexity index is 766. The predicted octanol–water partition coefficient (Wildman–Crippen LogP) is 5.68. The zero-order valence-corrected chi connectivity index (χ0v) is 14.1. The number of nitro benzene ring substituents is 1. The summed E-state index contributed by atoms with van der Waals surface area (Å²) in [7, 11) is 0. The average Bonchev–Trinajstić information content (AvgIpc) is 2.54. The van der Waals surface area contributed by atoms with Gasteiger partial charge in [0.25, 0.3) is 5.69 Å². The van der Waals surface area contributed by atoms with Crippen molar-refractivity contribution in [2.24, 2.45) is 0 Å². The fourth-order valence-electron chi connectivity index (χ4n) is 2.49. The van der Waals surface area contributed by atoms with Crippen molar-refractivity contribution in [2.75, 3.05) is 11.4 Å². The second-order valence-electron chi connectivity index (χ2n) is 5.51. The number of hydrogen-bond donors (Lipinski definition) is 0. The van der Waals surface area contributed by atoms with Gasteiger partial charge in [0.1, 0.15) is 0 Å². The first-order chi connectivity index (χ1) is 11.7. The third-order valence-corrected chi connectivity index (χ3v) is 3.91. The number of alkyl halides is 3. The molecule has 0 amide bonds. The summed E-state index contributed by atoms with van der Waals surface area (Å²) in [5.74, 6) is 0. The van der Waals surface area contributed by atoms with Gasteiger partial charge in [0.15, 0.2) is 0 Å². The van der Waals surface area contributed by atoms with E-state index in [4.69, 9.17) is 11.6 Å². The molecule has 0 radical (unpaired) electrons. The Hall–Kier alpha value is -2.28. The van der Waals surface area contributed by atoms with Crippen molar-refractivity contribution >= 4 is 23.0 Å². The van der Waals surface area contributed by atoms with E-state index in [0.717, 1.165) is 18.6 Å². The fourth-order valence-corrected chi connectivity index (χ4v) is 2.78. The van der Waals surface area contributed by atoms with E-state index in [1.54, 1.807) is 6.07 Å². The zero-order chi connectivity index (χ0) is 18.6. The van der Waals surface area contributed by atoms with Crippen LogP contribution in [-0.4, -0.2) is 11.5 Å². The third-order valence-electron chi connectivity index (χ3n) is 3.60. The average molecular weight is 373 g/mol. The molecular formula is C17H16ClF3N2O2. The van der Waals surface area contributed by atoms with Gasteiger partial charge >= 0.3 is 6.18 Å². The highest BCUT2D eigenvalue weighted by atomic mass is 35.5. The molecule has 25 heavy (non-hydrogen) atoms. The van der Waals surface area contributed by atoms with E-state index in [2.05, 4.69) is 0 Å². The van der Waals surface area contributed by atoms with E-state index in [0.29, 0.717) is 17.8 Å². The summed E-state index contributed by atoms with van der Waals surface area (Å²) in [5.41, 5.74) is 0.185. The van der Waals surface area contributed by atoms with Gasteiger partial charge in [0.05, 0.1) is 21.2 Å². The summed E-state index contributed by atoms with van der Waals surface area (Å²) < 4.78 is 38.6. The lowest BCUT2D eigenvalue weighted by Crippen LogP contribution is -2.24. The summed E-state index contributed by atoms with van der Waals surface area (Å²) in [4.78, 5) is 12.1. The third kappa shape index (κ3) is 4.85. The van der Waals surface area contributed by atoms with Crippen molar-refractivity contribution in [3.8, 4) is 0 Å². The van der Waals surface area contributed by atoms with Gasteiger partial charge in [-0.2, -0.15) is 13.2 Å². The molecule has 2 aromatic carbocycles. The number of rotatable bonds is 6. The summed E-state index contributed by atoms with van der Waals surface area (Å²) in [6, 6.07) is 9.18. The first-order valence-corrected chi connectivity index (χ1v) is 7.95. The second kappa shape index (κ2) is 7.74. The molecule has 0 saturated heterocycles. The summed E-state index contributed by atoms with van der Waals surface area (Å²) in [6.45, 7) is 2.70. The van der Waals surface area contributed by atoms with E-state index in [9.17, 15) is 23.3 Å². The van der Waals surface area contributed by atoms with Crippen LogP contribution in [0.2, 0.25) is 5.02 Å². The van der Waals surface area contributed by atoms with Gasteiger partial charge in [-0.1, -0.05) is 30.7 Å². The molecule has 0 N–H and O–H groups in total. The fraction of sp³-hybridized carbons (Fsp3) is 0.294. The van der Waals surface area contributed by atoms with Crippen LogP contribution in [0, 0.1) is 10.1 Å². The van der Waals surface area contributed by atoms with Crippen molar-refractivity contribution in [2.45, 2.75) is 26.1 Å². The van der Waals surface area contributed by atoms with Gasteiger partial charge in [-0.15, -0.1) is 0 Å². The van der Waals surface area contributed by atoms with Crippen LogP contribution in [0.15, 0.2) is 42.5 Å². The molecule has 0 spiro atoms. The van der Waals surface area contributed by atoms with E-state index >= 15 is 0 Å². The smallest absolute Gasteiger partial charge is 0.366 e. The minimum absolute atomic E-state index is 0.135. The predicted molar refractivity (Wildman–Crippen MR) is 90.9 cm³/mol. The number of nitro groups is 1. The molecule has 0 aliphatic heterocycles. The van der Waals surface area contributed by atoms with Crippen LogP contribution in [0.25, 0.3) is 0 Å². The van der Waals surface area contributed by atoms with Gasteiger partial charge in [-0.05, 0) is 30.2 Å². The van der Waals surface area contributed by atoms with Crippen LogP contribution in [0.3, 0.4) is 0 Å². The molecule has 0 heterocycles. The number of nitrogens with zero attached hydrogens (tertiary/aromatic N) is 2. The van der Waals surface area contributed by atoms with Crippen molar-refractivity contribution < 1.29 is 18.1 Å². The zero-order valence-electron chi connectivity index (χ0n) is 13.4. The minimum atomic E-state index is -4.41. The van der Waals surface area contributed by atoms with Crippen LogP contribution in [0.4, 0.5) is 24.5 Å². The van der Waals surface area contributed by atoms with Crippen LogP contribution < -0.4 is 4.90 Å². The van der Waals surface area contributed by atoms with Crippen molar-refractivity contribution in [3.63, 3.8) is 0 Å². The van der Waals surface area contributed by atoms with E-state index in [1.165, 1.54) is 24.3 Å². The van der Waals surface area contributed by atoms with Gasteiger partial charge in [0.2, 0.25) is 0 Å². The first-order valence-electron chi connectivity index (χ1n) is 7.57. The Morgan fingerprint density at radius 2 is 1.92 bits per heavy atom. The van der Waals surface area contributed by atoms with Gasteiger partial charge in [-0.3, -0.25) is 10.1 Å². The standard InChI is InChI=1S/C17H16ClF3N2O2/c1-2-8-22(16-7-6-14(23(24)25)10-15(16)18)11-12-4-3-5-13(9-12)17(19,20)21/h3-7,9-10H,2,8,11H2,1H3. The van der Waals surface area contributed by atoms with Crippen LogP contribution >= 0.6 is 11.6 Å². The van der Waals surface area contributed by atoms with E-state index < -0.39 is 16.7 Å². The lowest BCUT2D eigenvalue weighted by Gasteiger charge is -2.25. The molecule has 2 rings (SSSR count). The molecule has 0 aliphatic rings. The van der Waals surface area contributed by atoms with Crippen LogP contribution in [0.1, 0.15) is 24.5 Å². The van der Waals surface area contributed by atoms with Crippen molar-refractivity contribution in [1.29, 1.82) is 0 Å². The van der Waals surface area contributed by atoms with Gasteiger partial charge < -0.3 is 4.90 Å². The highest BCUT2D eigenvalue weighted by molar-refractivity contribution is 6.33. The number of halogens is 4. The lowest BCUT2D eigenvalue weighted by atomic mass is 10.1. The molecule has 0 saturated carbocycles. The number of benzene rings is 2. The highest BCUT2D eigenvalue weighted by Crippen LogP contribution is 2.33. The molecule has 0 atom stereocenters. The van der Waals surface area contributed by atoms with E-state index in [-0.39, 0.29) is 17.3 Å². The normalized spacial score (nSPS) is 11.4. The van der Waals surface area contributed by atoms with Crippen molar-refractivity contribution in [1.82, 2.24) is 0 Å². The number of non-ortho nitro benzene ring substituents is 1. The molecule has 0 aliphatic carbocycles. The Morgan fingerprint density at radius 1 is 1.20 bits per heavy atom. The molecule has 8 heteroatoms. The van der Waals surface area contributed by atoms with E-state index in [1.807, 2.05) is 11.8 Å². The van der Waals surface area contributed by atoms with Crippen LogP contribution in [0.5, 0.6) is 0 Å². The Balaban J connectivity index is 2.32. The quantitative estimate of drug-likeness (QED) is 0.484. The Labute approximate surface area is 148 Å². The topological polar surface area (TPSA) is 46.4 Å². The molecule has 4 nitrogen and oxygen atoms in total. The maximum absolute atomic E-state index is 12.9. The minimum Gasteiger partial charge on any atom is -0.366 e. The lowest BCUT2D eigenvalue weighted by molar-refractivity contribution is -0.384. The second-order valence-corrected chi connectivity index (χ2v) is 5.92. The Morgan fingerprint density at radius 3 is 2.48 bits per heavy atom. The Kier molecular flexibility index (Phi) is 5.89.